The van der Waals surface area contributed by atoms with Crippen LogP contribution >= 0.6 is 0 Å². The molecule has 0 saturated carbocycles. The fraction of sp³-hybridized carbons (Fsp3) is 0.300. The molecule has 2 heterocycles. The zero-order valence-electron chi connectivity index (χ0n) is 15.1. The third-order valence-corrected chi connectivity index (χ3v) is 5.00. The van der Waals surface area contributed by atoms with Gasteiger partial charge in [0, 0.05) is 19.5 Å². The van der Waals surface area contributed by atoms with E-state index in [0.717, 1.165) is 11.6 Å². The molecule has 0 aromatic heterocycles. The number of nitrogens with one attached hydrogen (secondary N) is 1. The van der Waals surface area contributed by atoms with Crippen molar-refractivity contribution >= 4 is 17.5 Å². The molecule has 2 amide bonds. The summed E-state index contributed by atoms with van der Waals surface area (Å²) in [4.78, 5) is 26.9. The van der Waals surface area contributed by atoms with Crippen LogP contribution in [0.1, 0.15) is 11.5 Å². The van der Waals surface area contributed by atoms with Crippen LogP contribution < -0.4 is 14.8 Å². The Bertz CT molecular complexity index is 950. The van der Waals surface area contributed by atoms with E-state index in [1.165, 1.54) is 17.0 Å². The zero-order chi connectivity index (χ0) is 19.8. The molecule has 6 nitrogen and oxygen atoms in total. The van der Waals surface area contributed by atoms with Gasteiger partial charge < -0.3 is 19.7 Å². The predicted octanol–water partition coefficient (Wildman–Crippen LogP) is 2.55. The number of carbonyl (C=O) groups is 2. The molecule has 0 aliphatic carbocycles. The van der Waals surface area contributed by atoms with E-state index in [4.69, 9.17) is 9.47 Å². The monoisotopic (exact) mass is 388 g/mol. The lowest BCUT2D eigenvalue weighted by atomic mass is 9.87. The molecule has 2 aliphatic rings. The summed E-state index contributed by atoms with van der Waals surface area (Å²) in [5, 5.41) is 2.35. The van der Waals surface area contributed by atoms with E-state index in [-0.39, 0.29) is 11.6 Å². The van der Waals surface area contributed by atoms with Gasteiger partial charge in [-0.25, -0.2) is 8.78 Å². The summed E-state index contributed by atoms with van der Waals surface area (Å²) in [5.41, 5.74) is 0.440. The summed E-state index contributed by atoms with van der Waals surface area (Å²) >= 11 is 0. The molecule has 28 heavy (non-hydrogen) atoms. The summed E-state index contributed by atoms with van der Waals surface area (Å²) in [6.07, 6.45) is 0. The van der Waals surface area contributed by atoms with Gasteiger partial charge in [-0.15, -0.1) is 0 Å². The highest BCUT2D eigenvalue weighted by Gasteiger charge is 2.44. The van der Waals surface area contributed by atoms with Crippen molar-refractivity contribution in [2.45, 2.75) is 5.92 Å². The first-order chi connectivity index (χ1) is 13.5. The maximum atomic E-state index is 13.9. The van der Waals surface area contributed by atoms with E-state index in [9.17, 15) is 18.4 Å². The fourth-order valence-electron chi connectivity index (χ4n) is 3.59. The Hall–Kier alpha value is -3.16. The second kappa shape index (κ2) is 7.10. The van der Waals surface area contributed by atoms with E-state index in [1.54, 1.807) is 25.2 Å². The summed E-state index contributed by atoms with van der Waals surface area (Å²) in [6.45, 7) is 1.20. The topological polar surface area (TPSA) is 67.9 Å². The minimum Gasteiger partial charge on any atom is -0.486 e. The number of halogens is 2. The van der Waals surface area contributed by atoms with E-state index < -0.39 is 29.4 Å². The van der Waals surface area contributed by atoms with Crippen molar-refractivity contribution in [3.8, 4) is 11.5 Å². The van der Waals surface area contributed by atoms with E-state index in [1.807, 2.05) is 0 Å². The van der Waals surface area contributed by atoms with Crippen LogP contribution in [0, 0.1) is 17.6 Å². The summed E-state index contributed by atoms with van der Waals surface area (Å²) in [6, 6.07) is 8.78. The SMILES string of the molecule is CN1C[C@H](c2ccc3c(c2)OCCO3)[C@@H](C(=O)Nc2cccc(F)c2F)C1=O. The van der Waals surface area contributed by atoms with Gasteiger partial charge in [0.15, 0.2) is 23.1 Å². The zero-order valence-corrected chi connectivity index (χ0v) is 15.1. The van der Waals surface area contributed by atoms with Crippen molar-refractivity contribution in [1.82, 2.24) is 4.90 Å². The number of likely N-dealkylation sites (N-methyl/N-ethyl adjacent to an activating group) is 1. The maximum Gasteiger partial charge on any atom is 0.237 e. The molecule has 146 valence electrons. The van der Waals surface area contributed by atoms with Crippen molar-refractivity contribution in [3.63, 3.8) is 0 Å². The second-order valence-corrected chi connectivity index (χ2v) is 6.80. The van der Waals surface area contributed by atoms with Crippen LogP contribution in [-0.4, -0.2) is 43.5 Å². The number of likely N-dealkylation sites (tertiary alicyclic amines) is 1. The molecule has 8 heteroatoms. The highest BCUT2D eigenvalue weighted by molar-refractivity contribution is 6.08. The first-order valence-electron chi connectivity index (χ1n) is 8.85. The Labute approximate surface area is 160 Å². The molecule has 0 radical (unpaired) electrons. The summed E-state index contributed by atoms with van der Waals surface area (Å²) in [7, 11) is 1.60. The molecular weight excluding hydrogens is 370 g/mol. The average molecular weight is 388 g/mol. The van der Waals surface area contributed by atoms with Crippen LogP contribution in [0.4, 0.5) is 14.5 Å². The van der Waals surface area contributed by atoms with Gasteiger partial charge in [0.05, 0.1) is 5.69 Å². The molecule has 1 fully saturated rings. The molecule has 1 saturated heterocycles. The number of fused-ring (bicyclic) bond motifs is 1. The molecule has 1 N–H and O–H groups in total. The quantitative estimate of drug-likeness (QED) is 0.821. The minimum atomic E-state index is -1.16. The molecule has 0 spiro atoms. The van der Waals surface area contributed by atoms with Gasteiger partial charge in [-0.05, 0) is 29.8 Å². The highest BCUT2D eigenvalue weighted by Crippen LogP contribution is 2.39. The lowest BCUT2D eigenvalue weighted by molar-refractivity contribution is -0.135. The van der Waals surface area contributed by atoms with Crippen molar-refractivity contribution < 1.29 is 27.8 Å². The van der Waals surface area contributed by atoms with Crippen LogP contribution in [0.3, 0.4) is 0 Å². The highest BCUT2D eigenvalue weighted by atomic mass is 19.2. The first kappa shape index (κ1) is 18.2. The summed E-state index contributed by atoms with van der Waals surface area (Å²) < 4.78 is 38.4. The normalized spacial score (nSPS) is 21.0. The van der Waals surface area contributed by atoms with Gasteiger partial charge in [-0.2, -0.15) is 0 Å². The molecule has 0 bridgehead atoms. The number of amides is 2. The van der Waals surface area contributed by atoms with Gasteiger partial charge >= 0.3 is 0 Å². The van der Waals surface area contributed by atoms with Gasteiger partial charge in [0.2, 0.25) is 11.8 Å². The Morgan fingerprint density at radius 1 is 1.14 bits per heavy atom. The Morgan fingerprint density at radius 2 is 1.89 bits per heavy atom. The predicted molar refractivity (Wildman–Crippen MR) is 96.3 cm³/mol. The minimum absolute atomic E-state index is 0.298. The van der Waals surface area contributed by atoms with E-state index >= 15 is 0 Å². The average Bonchev–Trinajstić information content (AvgIpc) is 3.00. The smallest absolute Gasteiger partial charge is 0.237 e. The Kier molecular flexibility index (Phi) is 4.62. The number of benzene rings is 2. The first-order valence-corrected chi connectivity index (χ1v) is 8.85. The number of hydrogen-bond acceptors (Lipinski definition) is 4. The standard InChI is InChI=1S/C20H18F2N2O4/c1-24-10-12(11-5-6-15-16(9-11)28-8-7-27-15)17(20(24)26)19(25)23-14-4-2-3-13(21)18(14)22/h2-6,9,12,17H,7-8,10H2,1H3,(H,23,25)/t12-,17+/m1/s1. The van der Waals surface area contributed by atoms with E-state index in [2.05, 4.69) is 5.32 Å². The van der Waals surface area contributed by atoms with Crippen molar-refractivity contribution in [2.75, 3.05) is 32.1 Å². The van der Waals surface area contributed by atoms with Crippen LogP contribution in [0.5, 0.6) is 11.5 Å². The number of anilines is 1. The lowest BCUT2D eigenvalue weighted by Crippen LogP contribution is -2.33. The molecule has 2 atom stereocenters. The van der Waals surface area contributed by atoms with Gasteiger partial charge in [0.25, 0.3) is 0 Å². The number of nitrogens with zero attached hydrogens (tertiary/aromatic N) is 1. The Morgan fingerprint density at radius 3 is 2.68 bits per heavy atom. The van der Waals surface area contributed by atoms with Crippen LogP contribution in [0.25, 0.3) is 0 Å². The van der Waals surface area contributed by atoms with Gasteiger partial charge in [-0.3, -0.25) is 9.59 Å². The second-order valence-electron chi connectivity index (χ2n) is 6.80. The van der Waals surface area contributed by atoms with Crippen LogP contribution in [-0.2, 0) is 9.59 Å². The van der Waals surface area contributed by atoms with Crippen molar-refractivity contribution in [3.05, 3.63) is 53.6 Å². The van der Waals surface area contributed by atoms with E-state index in [0.29, 0.717) is 31.3 Å². The Balaban J connectivity index is 1.63. The molecule has 2 aromatic carbocycles. The molecular formula is C20H18F2N2O4. The van der Waals surface area contributed by atoms with Crippen molar-refractivity contribution in [1.29, 1.82) is 0 Å². The van der Waals surface area contributed by atoms with Crippen LogP contribution in [0.15, 0.2) is 36.4 Å². The number of rotatable bonds is 3. The third-order valence-electron chi connectivity index (χ3n) is 5.00. The number of carbonyl (C=O) groups excluding carboxylic acids is 2. The van der Waals surface area contributed by atoms with Crippen LogP contribution in [0.2, 0.25) is 0 Å². The molecule has 2 aromatic rings. The van der Waals surface area contributed by atoms with Gasteiger partial charge in [0.1, 0.15) is 19.1 Å². The molecule has 2 aliphatic heterocycles. The maximum absolute atomic E-state index is 13.9. The molecule has 4 rings (SSSR count). The van der Waals surface area contributed by atoms with Gasteiger partial charge in [-0.1, -0.05) is 12.1 Å². The summed E-state index contributed by atoms with van der Waals surface area (Å²) in [5.74, 6) is -3.65. The van der Waals surface area contributed by atoms with Crippen molar-refractivity contribution in [2.24, 2.45) is 5.92 Å². The fourth-order valence-corrected chi connectivity index (χ4v) is 3.59. The lowest BCUT2D eigenvalue weighted by Gasteiger charge is -2.22. The third kappa shape index (κ3) is 3.15. The number of ether oxygens (including phenoxy) is 2. The largest absolute Gasteiger partial charge is 0.486 e. The number of hydrogen-bond donors (Lipinski definition) is 1. The molecule has 0 unspecified atom stereocenters.